The molecule has 0 bridgehead atoms. The molecule has 0 unspecified atom stereocenters. The van der Waals surface area contributed by atoms with Gasteiger partial charge in [-0.15, -0.1) is 5.10 Å². The van der Waals surface area contributed by atoms with Gasteiger partial charge in [-0.25, -0.2) is 9.89 Å². The normalized spacial score (nSPS) is 20.9. The van der Waals surface area contributed by atoms with Gasteiger partial charge in [-0.1, -0.05) is 0 Å². The number of nitrogens with zero attached hydrogens (tertiary/aromatic N) is 1. The zero-order valence-electron chi connectivity index (χ0n) is 14.0. The summed E-state index contributed by atoms with van der Waals surface area (Å²) in [4.78, 5) is 11.1. The number of hydrogen-bond donors (Lipinski definition) is 3. The molecule has 142 valence electrons. The van der Waals surface area contributed by atoms with Crippen molar-refractivity contribution in [2.24, 2.45) is 11.8 Å². The number of benzene rings is 1. The van der Waals surface area contributed by atoms with E-state index in [4.69, 9.17) is 4.42 Å². The maximum Gasteiger partial charge on any atom is 0.434 e. The Balaban J connectivity index is 1.78. The molecule has 1 aliphatic carbocycles. The molecule has 0 spiro atoms. The molecule has 1 heterocycles. The van der Waals surface area contributed by atoms with Crippen LogP contribution >= 0.6 is 0 Å². The number of anilines is 1. The van der Waals surface area contributed by atoms with Crippen molar-refractivity contribution >= 4 is 5.69 Å². The first-order valence-corrected chi connectivity index (χ1v) is 8.48. The minimum Gasteiger partial charge on any atom is -0.396 e. The fourth-order valence-corrected chi connectivity index (χ4v) is 3.30. The lowest BCUT2D eigenvalue weighted by molar-refractivity contribution is -0.136. The van der Waals surface area contributed by atoms with Crippen molar-refractivity contribution in [1.29, 1.82) is 0 Å². The number of rotatable bonds is 5. The van der Waals surface area contributed by atoms with Crippen LogP contribution in [0, 0.1) is 11.8 Å². The second kappa shape index (κ2) is 7.53. The van der Waals surface area contributed by atoms with Gasteiger partial charge in [-0.3, -0.25) is 0 Å². The molecule has 3 rings (SSSR count). The summed E-state index contributed by atoms with van der Waals surface area (Å²) in [5.74, 6) is -0.279. The number of H-pyrrole nitrogens is 1. The summed E-state index contributed by atoms with van der Waals surface area (Å²) in [5.41, 5.74) is -0.559. The first-order valence-electron chi connectivity index (χ1n) is 8.48. The van der Waals surface area contributed by atoms with Gasteiger partial charge in [-0.2, -0.15) is 13.2 Å². The van der Waals surface area contributed by atoms with Gasteiger partial charge < -0.3 is 14.8 Å². The fourth-order valence-electron chi connectivity index (χ4n) is 3.30. The van der Waals surface area contributed by atoms with E-state index in [1.54, 1.807) is 0 Å². The highest BCUT2D eigenvalue weighted by atomic mass is 19.4. The molecular weight excluding hydrogens is 351 g/mol. The molecule has 6 nitrogen and oxygen atoms in total. The molecule has 1 saturated carbocycles. The van der Waals surface area contributed by atoms with Gasteiger partial charge in [0.05, 0.1) is 5.56 Å². The van der Waals surface area contributed by atoms with Gasteiger partial charge in [-0.05, 0) is 55.7 Å². The van der Waals surface area contributed by atoms with Crippen molar-refractivity contribution in [3.8, 4) is 11.5 Å². The van der Waals surface area contributed by atoms with Gasteiger partial charge >= 0.3 is 11.9 Å². The first-order chi connectivity index (χ1) is 12.4. The van der Waals surface area contributed by atoms with Crippen molar-refractivity contribution in [2.75, 3.05) is 18.5 Å². The van der Waals surface area contributed by atoms with Crippen molar-refractivity contribution in [3.63, 3.8) is 0 Å². The van der Waals surface area contributed by atoms with E-state index in [-0.39, 0.29) is 29.7 Å². The van der Waals surface area contributed by atoms with E-state index in [0.29, 0.717) is 12.5 Å². The van der Waals surface area contributed by atoms with Gasteiger partial charge in [0.2, 0.25) is 5.89 Å². The number of aromatic nitrogens is 2. The number of halogens is 3. The molecule has 1 aromatic carbocycles. The SMILES string of the molecule is O=c1[nH]nc(-c2ccc(C(F)(F)F)c(NC[C@H]3CC[C@H](CO)CC3)c2)o1. The average Bonchev–Trinajstić information content (AvgIpc) is 3.06. The standard InChI is InChI=1S/C17H20F3N3O3/c18-17(19,20)13-6-5-12(15-22-23-16(25)26-15)7-14(13)21-8-10-1-3-11(9-24)4-2-10/h5-7,10-11,21,24H,1-4,8-9H2,(H,23,25)/t10-,11-. The molecular formula is C17H20F3N3O3. The van der Waals surface area contributed by atoms with Gasteiger partial charge in [0.1, 0.15) is 0 Å². The number of aromatic amines is 1. The Morgan fingerprint density at radius 1 is 1.23 bits per heavy atom. The lowest BCUT2D eigenvalue weighted by Crippen LogP contribution is -2.23. The summed E-state index contributed by atoms with van der Waals surface area (Å²) in [6.07, 6.45) is -0.996. The van der Waals surface area contributed by atoms with Crippen LogP contribution in [0.15, 0.2) is 27.4 Å². The molecule has 0 amide bonds. The Morgan fingerprint density at radius 2 is 1.92 bits per heavy atom. The van der Waals surface area contributed by atoms with Gasteiger partial charge in [0.25, 0.3) is 0 Å². The van der Waals surface area contributed by atoms with Crippen LogP contribution < -0.4 is 11.1 Å². The highest BCUT2D eigenvalue weighted by molar-refractivity contribution is 5.65. The topological polar surface area (TPSA) is 91.2 Å². The van der Waals surface area contributed by atoms with Crippen molar-refractivity contribution in [2.45, 2.75) is 31.9 Å². The van der Waals surface area contributed by atoms with E-state index >= 15 is 0 Å². The highest BCUT2D eigenvalue weighted by Crippen LogP contribution is 2.37. The molecule has 26 heavy (non-hydrogen) atoms. The van der Waals surface area contributed by atoms with Crippen LogP contribution in [0.5, 0.6) is 0 Å². The number of nitrogens with one attached hydrogen (secondary N) is 2. The van der Waals surface area contributed by atoms with Crippen LogP contribution in [0.2, 0.25) is 0 Å². The molecule has 0 radical (unpaired) electrons. The first kappa shape index (κ1) is 18.5. The van der Waals surface area contributed by atoms with E-state index < -0.39 is 17.5 Å². The second-order valence-electron chi connectivity index (χ2n) is 6.63. The van der Waals surface area contributed by atoms with Crippen LogP contribution in [0.25, 0.3) is 11.5 Å². The van der Waals surface area contributed by atoms with Gasteiger partial charge in [0.15, 0.2) is 0 Å². The Kier molecular flexibility index (Phi) is 5.36. The lowest BCUT2D eigenvalue weighted by Gasteiger charge is -2.28. The van der Waals surface area contributed by atoms with Crippen molar-refractivity contribution in [3.05, 3.63) is 34.3 Å². The van der Waals surface area contributed by atoms with Crippen LogP contribution in [0.1, 0.15) is 31.2 Å². The zero-order chi connectivity index (χ0) is 18.7. The minimum absolute atomic E-state index is 0.0600. The van der Waals surface area contributed by atoms with E-state index in [0.717, 1.165) is 31.7 Å². The summed E-state index contributed by atoms with van der Waals surface area (Å²) in [6, 6.07) is 3.47. The lowest BCUT2D eigenvalue weighted by atomic mass is 9.82. The quantitative estimate of drug-likeness (QED) is 0.750. The molecule has 3 N–H and O–H groups in total. The average molecular weight is 371 g/mol. The molecule has 1 fully saturated rings. The largest absolute Gasteiger partial charge is 0.434 e. The van der Waals surface area contributed by atoms with Crippen LogP contribution in [0.4, 0.5) is 18.9 Å². The van der Waals surface area contributed by atoms with E-state index in [1.807, 2.05) is 0 Å². The van der Waals surface area contributed by atoms with E-state index in [2.05, 4.69) is 15.5 Å². The molecule has 0 saturated heterocycles. The van der Waals surface area contributed by atoms with Crippen LogP contribution in [-0.2, 0) is 6.18 Å². The monoisotopic (exact) mass is 371 g/mol. The number of alkyl halides is 3. The van der Waals surface area contributed by atoms with Crippen LogP contribution in [-0.4, -0.2) is 28.5 Å². The maximum absolute atomic E-state index is 13.3. The Labute approximate surface area is 147 Å². The molecule has 0 atom stereocenters. The summed E-state index contributed by atoms with van der Waals surface area (Å²) >= 11 is 0. The zero-order valence-corrected chi connectivity index (χ0v) is 14.0. The molecule has 1 aromatic heterocycles. The Bertz CT molecular complexity index is 792. The van der Waals surface area contributed by atoms with Crippen molar-refractivity contribution in [1.82, 2.24) is 10.2 Å². The number of hydrogen-bond acceptors (Lipinski definition) is 5. The summed E-state index contributed by atoms with van der Waals surface area (Å²) in [7, 11) is 0. The smallest absolute Gasteiger partial charge is 0.396 e. The summed E-state index contributed by atoms with van der Waals surface area (Å²) in [5, 5.41) is 17.8. The van der Waals surface area contributed by atoms with Crippen molar-refractivity contribution < 1.29 is 22.7 Å². The third-order valence-corrected chi connectivity index (χ3v) is 4.82. The minimum atomic E-state index is -4.50. The molecule has 1 aliphatic rings. The maximum atomic E-state index is 13.3. The van der Waals surface area contributed by atoms with E-state index in [9.17, 15) is 23.1 Å². The van der Waals surface area contributed by atoms with E-state index in [1.165, 1.54) is 12.1 Å². The Morgan fingerprint density at radius 3 is 2.50 bits per heavy atom. The molecule has 2 aromatic rings. The van der Waals surface area contributed by atoms with Crippen LogP contribution in [0.3, 0.4) is 0 Å². The fraction of sp³-hybridized carbons (Fsp3) is 0.529. The molecule has 9 heteroatoms. The third kappa shape index (κ3) is 4.27. The number of aliphatic hydroxyl groups excluding tert-OH is 1. The molecule has 0 aliphatic heterocycles. The van der Waals surface area contributed by atoms with Gasteiger partial charge in [0, 0.05) is 24.4 Å². The predicted molar refractivity (Wildman–Crippen MR) is 88.6 cm³/mol. The third-order valence-electron chi connectivity index (χ3n) is 4.82. The summed E-state index contributed by atoms with van der Waals surface area (Å²) in [6.45, 7) is 0.574. The summed E-state index contributed by atoms with van der Waals surface area (Å²) < 4.78 is 44.7. The Hall–Kier alpha value is -2.29. The number of aliphatic hydroxyl groups is 1. The predicted octanol–water partition coefficient (Wildman–Crippen LogP) is 3.26. The highest BCUT2D eigenvalue weighted by Gasteiger charge is 2.34. The second-order valence-corrected chi connectivity index (χ2v) is 6.63.